The molecule has 2 aromatic heterocycles. The first-order chi connectivity index (χ1) is 12.6. The summed E-state index contributed by atoms with van der Waals surface area (Å²) in [6, 6.07) is 2.25. The second-order valence-electron chi connectivity index (χ2n) is 7.15. The van der Waals surface area contributed by atoms with Gasteiger partial charge < -0.3 is 14.2 Å². The van der Waals surface area contributed by atoms with Gasteiger partial charge in [0.05, 0.1) is 10.5 Å². The lowest BCUT2D eigenvalue weighted by atomic mass is 9.99. The van der Waals surface area contributed by atoms with E-state index >= 15 is 0 Å². The van der Waals surface area contributed by atoms with Crippen LogP contribution in [-0.4, -0.2) is 51.4 Å². The topological polar surface area (TPSA) is 69.4 Å². The molecule has 4 rings (SSSR count). The highest BCUT2D eigenvalue weighted by molar-refractivity contribution is 6.31. The van der Waals surface area contributed by atoms with Crippen molar-refractivity contribution in [3.05, 3.63) is 38.0 Å². The van der Waals surface area contributed by atoms with Gasteiger partial charge in [-0.2, -0.15) is 0 Å². The molecular weight excluding hydrogens is 356 g/mol. The van der Waals surface area contributed by atoms with Crippen molar-refractivity contribution in [2.24, 2.45) is 7.05 Å². The molecule has 0 saturated carbocycles. The Morgan fingerprint density at radius 3 is 2.46 bits per heavy atom. The molecule has 0 bridgehead atoms. The fourth-order valence-corrected chi connectivity index (χ4v) is 4.36. The number of aromatic nitrogens is 3. The normalized spacial score (nSPS) is 20.7. The zero-order chi connectivity index (χ0) is 18.3. The lowest BCUT2D eigenvalue weighted by Crippen LogP contribution is -2.48. The molecule has 0 N–H and O–H groups in total. The van der Waals surface area contributed by atoms with E-state index in [2.05, 4.69) is 9.88 Å². The van der Waals surface area contributed by atoms with Crippen molar-refractivity contribution in [2.45, 2.75) is 37.8 Å². The van der Waals surface area contributed by atoms with Crippen molar-refractivity contribution in [1.82, 2.24) is 19.0 Å². The number of piperidine rings is 1. The molecule has 140 valence electrons. The Morgan fingerprint density at radius 2 is 1.77 bits per heavy atom. The second kappa shape index (κ2) is 7.13. The van der Waals surface area contributed by atoms with Gasteiger partial charge in [-0.25, -0.2) is 4.98 Å². The van der Waals surface area contributed by atoms with Crippen LogP contribution in [0.2, 0.25) is 5.02 Å². The molecule has 0 aromatic carbocycles. The van der Waals surface area contributed by atoms with E-state index in [1.165, 1.54) is 10.8 Å². The SMILES string of the molecule is Cn1c(=O)c(=O)n(C2CCN(C3CCOCC3)CC2)c2ncc(Cl)cc21. The number of rotatable bonds is 2. The smallest absolute Gasteiger partial charge is 0.318 e. The number of likely N-dealkylation sites (tertiary alicyclic amines) is 1. The molecule has 2 saturated heterocycles. The van der Waals surface area contributed by atoms with E-state index in [4.69, 9.17) is 16.3 Å². The van der Waals surface area contributed by atoms with Gasteiger partial charge in [-0.05, 0) is 31.7 Å². The number of hydrogen-bond donors (Lipinski definition) is 0. The summed E-state index contributed by atoms with van der Waals surface area (Å²) < 4.78 is 8.38. The minimum Gasteiger partial charge on any atom is -0.381 e. The van der Waals surface area contributed by atoms with E-state index in [1.54, 1.807) is 17.7 Å². The van der Waals surface area contributed by atoms with Crippen LogP contribution in [0.1, 0.15) is 31.7 Å². The zero-order valence-corrected chi connectivity index (χ0v) is 15.6. The molecule has 2 fully saturated rings. The maximum atomic E-state index is 12.7. The number of hydrogen-bond acceptors (Lipinski definition) is 5. The molecular formula is C18H23ClN4O3. The fourth-order valence-electron chi connectivity index (χ4n) is 4.20. The van der Waals surface area contributed by atoms with Crippen molar-refractivity contribution in [2.75, 3.05) is 26.3 Å². The van der Waals surface area contributed by atoms with E-state index in [0.717, 1.165) is 52.0 Å². The number of ether oxygens (including phenoxy) is 1. The van der Waals surface area contributed by atoms with Crippen LogP contribution < -0.4 is 11.1 Å². The van der Waals surface area contributed by atoms with Crippen molar-refractivity contribution in [3.63, 3.8) is 0 Å². The summed E-state index contributed by atoms with van der Waals surface area (Å²) in [6.07, 6.45) is 5.34. The third kappa shape index (κ3) is 3.08. The monoisotopic (exact) mass is 378 g/mol. The third-order valence-corrected chi connectivity index (χ3v) is 5.89. The maximum absolute atomic E-state index is 12.7. The molecule has 0 atom stereocenters. The standard InChI is InChI=1S/C18H23ClN4O3/c1-21-15-10-12(19)11-20-16(15)23(18(25)17(21)24)14-2-6-22(7-3-14)13-4-8-26-9-5-13/h10-11,13-14H,2-9H2,1H3. The molecule has 4 heterocycles. The van der Waals surface area contributed by atoms with Crippen LogP contribution in [0.3, 0.4) is 0 Å². The van der Waals surface area contributed by atoms with Crippen LogP contribution in [0.4, 0.5) is 0 Å². The first-order valence-corrected chi connectivity index (χ1v) is 9.52. The average molecular weight is 379 g/mol. The van der Waals surface area contributed by atoms with E-state index in [9.17, 15) is 9.59 Å². The van der Waals surface area contributed by atoms with Crippen molar-refractivity contribution < 1.29 is 4.74 Å². The van der Waals surface area contributed by atoms with E-state index < -0.39 is 11.1 Å². The summed E-state index contributed by atoms with van der Waals surface area (Å²) in [7, 11) is 1.59. The molecule has 26 heavy (non-hydrogen) atoms. The highest BCUT2D eigenvalue weighted by Crippen LogP contribution is 2.27. The molecule has 2 aliphatic rings. The average Bonchev–Trinajstić information content (AvgIpc) is 2.68. The summed E-state index contributed by atoms with van der Waals surface area (Å²) in [6.45, 7) is 3.50. The highest BCUT2D eigenvalue weighted by atomic mass is 35.5. The van der Waals surface area contributed by atoms with Gasteiger partial charge in [-0.3, -0.25) is 14.2 Å². The number of nitrogens with zero attached hydrogens (tertiary/aromatic N) is 4. The maximum Gasteiger partial charge on any atom is 0.318 e. The van der Waals surface area contributed by atoms with Crippen molar-refractivity contribution >= 4 is 22.8 Å². The Labute approximate surface area is 156 Å². The summed E-state index contributed by atoms with van der Waals surface area (Å²) in [5.41, 5.74) is 0.0905. The lowest BCUT2D eigenvalue weighted by Gasteiger charge is -2.39. The van der Waals surface area contributed by atoms with Crippen molar-refractivity contribution in [3.8, 4) is 0 Å². The Kier molecular flexibility index (Phi) is 4.86. The Hall–Kier alpha value is -1.70. The number of aryl methyl sites for hydroxylation is 1. The van der Waals surface area contributed by atoms with Crippen LogP contribution in [0.15, 0.2) is 21.9 Å². The predicted octanol–water partition coefficient (Wildman–Crippen LogP) is 1.56. The zero-order valence-electron chi connectivity index (χ0n) is 14.9. The Morgan fingerprint density at radius 1 is 1.08 bits per heavy atom. The largest absolute Gasteiger partial charge is 0.381 e. The minimum atomic E-state index is -0.534. The van der Waals surface area contributed by atoms with Crippen LogP contribution in [0.5, 0.6) is 0 Å². The molecule has 0 unspecified atom stereocenters. The van der Waals surface area contributed by atoms with Crippen LogP contribution >= 0.6 is 11.6 Å². The van der Waals surface area contributed by atoms with Gasteiger partial charge in [-0.1, -0.05) is 11.6 Å². The lowest BCUT2D eigenvalue weighted by molar-refractivity contribution is 0.0219. The van der Waals surface area contributed by atoms with Gasteiger partial charge in [0, 0.05) is 51.6 Å². The number of halogens is 1. The first kappa shape index (κ1) is 17.7. The van der Waals surface area contributed by atoms with Crippen molar-refractivity contribution in [1.29, 1.82) is 0 Å². The number of fused-ring (bicyclic) bond motifs is 1. The Bertz CT molecular complexity index is 924. The molecule has 7 nitrogen and oxygen atoms in total. The van der Waals surface area contributed by atoms with Crippen LogP contribution in [0.25, 0.3) is 11.2 Å². The molecule has 0 radical (unpaired) electrons. The Balaban J connectivity index is 1.65. The summed E-state index contributed by atoms with van der Waals surface area (Å²) in [5.74, 6) is 0. The molecule has 2 aliphatic heterocycles. The molecule has 0 spiro atoms. The molecule has 2 aromatic rings. The van der Waals surface area contributed by atoms with Crippen LogP contribution in [-0.2, 0) is 11.8 Å². The van der Waals surface area contributed by atoms with Gasteiger partial charge >= 0.3 is 11.1 Å². The van der Waals surface area contributed by atoms with E-state index in [0.29, 0.717) is 22.2 Å². The summed E-state index contributed by atoms with van der Waals surface area (Å²) in [5, 5.41) is 0.451. The molecule has 8 heteroatoms. The third-order valence-electron chi connectivity index (χ3n) is 5.68. The van der Waals surface area contributed by atoms with Gasteiger partial charge in [0.1, 0.15) is 0 Å². The fraction of sp³-hybridized carbons (Fsp3) is 0.611. The van der Waals surface area contributed by atoms with Crippen LogP contribution in [0, 0.1) is 0 Å². The van der Waals surface area contributed by atoms with Gasteiger partial charge in [0.2, 0.25) is 0 Å². The second-order valence-corrected chi connectivity index (χ2v) is 7.58. The predicted molar refractivity (Wildman–Crippen MR) is 99.9 cm³/mol. The van der Waals surface area contributed by atoms with Gasteiger partial charge in [0.15, 0.2) is 5.65 Å². The minimum absolute atomic E-state index is 0.0105. The molecule has 0 amide bonds. The number of pyridine rings is 1. The quantitative estimate of drug-likeness (QED) is 0.742. The van der Waals surface area contributed by atoms with E-state index in [-0.39, 0.29) is 6.04 Å². The summed E-state index contributed by atoms with van der Waals surface area (Å²) >= 11 is 6.04. The highest BCUT2D eigenvalue weighted by Gasteiger charge is 2.29. The van der Waals surface area contributed by atoms with E-state index in [1.807, 2.05) is 0 Å². The first-order valence-electron chi connectivity index (χ1n) is 9.15. The summed E-state index contributed by atoms with van der Waals surface area (Å²) in [4.78, 5) is 32.0. The van der Waals surface area contributed by atoms with Gasteiger partial charge in [0.25, 0.3) is 0 Å². The van der Waals surface area contributed by atoms with Gasteiger partial charge in [-0.15, -0.1) is 0 Å². The molecule has 0 aliphatic carbocycles.